The molecule has 0 fully saturated rings. The summed E-state index contributed by atoms with van der Waals surface area (Å²) < 4.78 is 5.22. The Balaban J connectivity index is 2.02. The van der Waals surface area contributed by atoms with E-state index >= 15 is 0 Å². The van der Waals surface area contributed by atoms with Crippen LogP contribution in [0.15, 0.2) is 22.6 Å². The number of hydrogen-bond acceptors (Lipinski definition) is 3. The van der Waals surface area contributed by atoms with Gasteiger partial charge in [0.15, 0.2) is 11.6 Å². The molecule has 17 heavy (non-hydrogen) atoms. The van der Waals surface area contributed by atoms with Crippen molar-refractivity contribution in [2.75, 3.05) is 5.32 Å². The van der Waals surface area contributed by atoms with Crippen molar-refractivity contribution in [3.05, 3.63) is 35.4 Å². The van der Waals surface area contributed by atoms with Gasteiger partial charge in [0, 0.05) is 11.8 Å². The summed E-state index contributed by atoms with van der Waals surface area (Å²) in [5.74, 6) is 1.24. The van der Waals surface area contributed by atoms with Crippen LogP contribution >= 0.6 is 0 Å². The van der Waals surface area contributed by atoms with Crippen LogP contribution in [0.2, 0.25) is 0 Å². The number of hydrogen-bond donors (Lipinski definition) is 2. The first-order chi connectivity index (χ1) is 8.19. The summed E-state index contributed by atoms with van der Waals surface area (Å²) in [6.07, 6.45) is 1.95. The zero-order chi connectivity index (χ0) is 12.3. The molecule has 2 heterocycles. The Labute approximate surface area is 99.2 Å². The Hall–Kier alpha value is -2.04. The van der Waals surface area contributed by atoms with Gasteiger partial charge >= 0.3 is 0 Å². The number of carbonyl (C=O) groups excluding carboxylic acids is 1. The summed E-state index contributed by atoms with van der Waals surface area (Å²) in [4.78, 5) is 11.7. The Kier molecular flexibility index (Phi) is 3.27. The third-order valence-corrected chi connectivity index (χ3v) is 2.36. The van der Waals surface area contributed by atoms with E-state index in [9.17, 15) is 4.79 Å². The van der Waals surface area contributed by atoms with Gasteiger partial charge in [0.25, 0.3) is 5.91 Å². The lowest BCUT2D eigenvalue weighted by molar-refractivity contribution is 0.0995. The number of aromatic amines is 1. The number of aryl methyl sites for hydroxylation is 2. The molecule has 0 aliphatic rings. The van der Waals surface area contributed by atoms with E-state index in [-0.39, 0.29) is 5.91 Å². The van der Waals surface area contributed by atoms with Crippen LogP contribution in [-0.4, -0.2) is 16.1 Å². The minimum Gasteiger partial charge on any atom is -0.456 e. The number of rotatable bonds is 4. The maximum absolute atomic E-state index is 11.7. The number of carbonyl (C=O) groups is 1. The van der Waals surface area contributed by atoms with Crippen molar-refractivity contribution in [3.63, 3.8) is 0 Å². The number of H-pyrrole nitrogens is 1. The van der Waals surface area contributed by atoms with Gasteiger partial charge < -0.3 is 9.73 Å². The fourth-order valence-corrected chi connectivity index (χ4v) is 1.56. The molecule has 2 N–H and O–H groups in total. The lowest BCUT2D eigenvalue weighted by Gasteiger charge is -1.97. The molecule has 2 aromatic rings. The van der Waals surface area contributed by atoms with Crippen LogP contribution < -0.4 is 5.32 Å². The smallest absolute Gasteiger partial charge is 0.292 e. The average molecular weight is 233 g/mol. The second-order valence-electron chi connectivity index (χ2n) is 3.89. The second-order valence-corrected chi connectivity index (χ2v) is 3.89. The number of amides is 1. The van der Waals surface area contributed by atoms with Crippen molar-refractivity contribution >= 4 is 11.7 Å². The molecule has 5 nitrogen and oxygen atoms in total. The molecule has 90 valence electrons. The fourth-order valence-electron chi connectivity index (χ4n) is 1.56. The van der Waals surface area contributed by atoms with E-state index in [1.54, 1.807) is 19.1 Å². The maximum Gasteiger partial charge on any atom is 0.292 e. The quantitative estimate of drug-likeness (QED) is 0.852. The van der Waals surface area contributed by atoms with Gasteiger partial charge in [-0.2, -0.15) is 5.10 Å². The second kappa shape index (κ2) is 4.86. The van der Waals surface area contributed by atoms with Gasteiger partial charge in [0.1, 0.15) is 5.76 Å². The lowest BCUT2D eigenvalue weighted by Crippen LogP contribution is -2.11. The number of furan rings is 1. The molecule has 0 saturated heterocycles. The molecule has 0 spiro atoms. The summed E-state index contributed by atoms with van der Waals surface area (Å²) in [5.41, 5.74) is 1.01. The van der Waals surface area contributed by atoms with E-state index in [1.807, 2.05) is 6.07 Å². The summed E-state index contributed by atoms with van der Waals surface area (Å²) in [6.45, 7) is 3.88. The van der Waals surface area contributed by atoms with E-state index in [0.29, 0.717) is 17.3 Å². The normalized spacial score (nSPS) is 10.5. The Morgan fingerprint density at radius 1 is 1.53 bits per heavy atom. The molecular formula is C12H15N3O2. The van der Waals surface area contributed by atoms with Gasteiger partial charge in [-0.05, 0) is 25.5 Å². The van der Waals surface area contributed by atoms with Crippen LogP contribution in [0.3, 0.4) is 0 Å². The van der Waals surface area contributed by atoms with E-state index in [0.717, 1.165) is 18.5 Å². The van der Waals surface area contributed by atoms with E-state index in [4.69, 9.17) is 4.42 Å². The van der Waals surface area contributed by atoms with Gasteiger partial charge in [-0.25, -0.2) is 0 Å². The Morgan fingerprint density at radius 2 is 2.35 bits per heavy atom. The van der Waals surface area contributed by atoms with E-state index in [1.165, 1.54) is 0 Å². The highest BCUT2D eigenvalue weighted by Crippen LogP contribution is 2.11. The van der Waals surface area contributed by atoms with Crippen molar-refractivity contribution < 1.29 is 9.21 Å². The Bertz CT molecular complexity index is 513. The van der Waals surface area contributed by atoms with Crippen LogP contribution in [0, 0.1) is 6.92 Å². The van der Waals surface area contributed by atoms with Gasteiger partial charge in [0.05, 0.1) is 0 Å². The molecular weight excluding hydrogens is 218 g/mol. The first kappa shape index (κ1) is 11.4. The van der Waals surface area contributed by atoms with E-state index < -0.39 is 0 Å². The molecule has 1 amide bonds. The fraction of sp³-hybridized carbons (Fsp3) is 0.333. The number of aromatic nitrogens is 2. The summed E-state index contributed by atoms with van der Waals surface area (Å²) >= 11 is 0. The zero-order valence-electron chi connectivity index (χ0n) is 9.91. The molecule has 0 unspecified atom stereocenters. The third-order valence-electron chi connectivity index (χ3n) is 2.36. The molecule has 0 aliphatic heterocycles. The number of nitrogens with zero attached hydrogens (tertiary/aromatic N) is 1. The predicted octanol–water partition coefficient (Wildman–Crippen LogP) is 2.52. The number of anilines is 1. The van der Waals surface area contributed by atoms with Crippen LogP contribution in [-0.2, 0) is 6.42 Å². The molecule has 5 heteroatoms. The summed E-state index contributed by atoms with van der Waals surface area (Å²) in [5, 5.41) is 9.56. The third kappa shape index (κ3) is 2.75. The van der Waals surface area contributed by atoms with Crippen LogP contribution in [0.5, 0.6) is 0 Å². The molecule has 0 atom stereocenters. The van der Waals surface area contributed by atoms with Crippen molar-refractivity contribution in [1.82, 2.24) is 10.2 Å². The predicted molar refractivity (Wildman–Crippen MR) is 64.0 cm³/mol. The highest BCUT2D eigenvalue weighted by Gasteiger charge is 2.11. The first-order valence-corrected chi connectivity index (χ1v) is 5.61. The molecule has 0 bridgehead atoms. The monoisotopic (exact) mass is 233 g/mol. The topological polar surface area (TPSA) is 70.9 Å². The SMILES string of the molecule is CCCc1cc(NC(=O)c2ccc(C)o2)n[nH]1. The van der Waals surface area contributed by atoms with Crippen molar-refractivity contribution in [2.45, 2.75) is 26.7 Å². The van der Waals surface area contributed by atoms with Crippen molar-refractivity contribution in [2.24, 2.45) is 0 Å². The average Bonchev–Trinajstić information content (AvgIpc) is 2.88. The first-order valence-electron chi connectivity index (χ1n) is 5.61. The molecule has 0 aliphatic carbocycles. The molecule has 0 aromatic carbocycles. The minimum atomic E-state index is -0.285. The van der Waals surface area contributed by atoms with Gasteiger partial charge in [-0.3, -0.25) is 9.89 Å². The van der Waals surface area contributed by atoms with Crippen LogP contribution in [0.25, 0.3) is 0 Å². The van der Waals surface area contributed by atoms with Crippen molar-refractivity contribution in [1.29, 1.82) is 0 Å². The molecule has 0 radical (unpaired) electrons. The summed E-state index contributed by atoms with van der Waals surface area (Å²) in [7, 11) is 0. The minimum absolute atomic E-state index is 0.285. The molecule has 2 rings (SSSR count). The lowest BCUT2D eigenvalue weighted by atomic mass is 10.2. The number of nitrogens with one attached hydrogen (secondary N) is 2. The maximum atomic E-state index is 11.7. The van der Waals surface area contributed by atoms with Crippen molar-refractivity contribution in [3.8, 4) is 0 Å². The standard InChI is InChI=1S/C12H15N3O2/c1-3-4-9-7-11(15-14-9)13-12(16)10-6-5-8(2)17-10/h5-7H,3-4H2,1-2H3,(H2,13,14,15,16). The zero-order valence-corrected chi connectivity index (χ0v) is 9.91. The van der Waals surface area contributed by atoms with Crippen LogP contribution in [0.1, 0.15) is 35.4 Å². The molecule has 0 saturated carbocycles. The highest BCUT2D eigenvalue weighted by molar-refractivity contribution is 6.01. The van der Waals surface area contributed by atoms with Gasteiger partial charge in [-0.15, -0.1) is 0 Å². The molecule has 2 aromatic heterocycles. The summed E-state index contributed by atoms with van der Waals surface area (Å²) in [6, 6.07) is 5.23. The van der Waals surface area contributed by atoms with Gasteiger partial charge in [-0.1, -0.05) is 13.3 Å². The van der Waals surface area contributed by atoms with Crippen LogP contribution in [0.4, 0.5) is 5.82 Å². The Morgan fingerprint density at radius 3 is 3.00 bits per heavy atom. The highest BCUT2D eigenvalue weighted by atomic mass is 16.3. The largest absolute Gasteiger partial charge is 0.456 e. The van der Waals surface area contributed by atoms with Gasteiger partial charge in [0.2, 0.25) is 0 Å². The van der Waals surface area contributed by atoms with E-state index in [2.05, 4.69) is 22.4 Å².